The summed E-state index contributed by atoms with van der Waals surface area (Å²) in [5.74, 6) is 1.60. The Bertz CT molecular complexity index is 1320. The Kier molecular flexibility index (Phi) is 6.31. The molecule has 5 rings (SSSR count). The number of pyridine rings is 1. The van der Waals surface area contributed by atoms with Crippen molar-refractivity contribution in [2.75, 3.05) is 4.90 Å². The van der Waals surface area contributed by atoms with Crippen LogP contribution in [-0.2, 0) is 0 Å². The number of nitrogens with one attached hydrogen (secondary N) is 2. The van der Waals surface area contributed by atoms with Gasteiger partial charge in [-0.2, -0.15) is 0 Å². The quantitative estimate of drug-likeness (QED) is 0.199. The van der Waals surface area contributed by atoms with Crippen molar-refractivity contribution in [2.45, 2.75) is 32.9 Å². The minimum absolute atomic E-state index is 0.0388. The molecule has 2 N–H and O–H groups in total. The molecule has 3 heterocycles. The second-order valence-corrected chi connectivity index (χ2v) is 9.97. The SMILES string of the molecule is Cc1ccc(Oc2ccc(N3C(=S)N[C@H](c4ccccn4)[C@@H]3c3c(C)[nH]c(C)c3I)cc2)cc1. The Morgan fingerprint density at radius 2 is 1.59 bits per heavy atom. The number of anilines is 1. The smallest absolute Gasteiger partial charge is 0.174 e. The summed E-state index contributed by atoms with van der Waals surface area (Å²) >= 11 is 8.29. The highest BCUT2D eigenvalue weighted by molar-refractivity contribution is 14.1. The molecule has 0 spiro atoms. The van der Waals surface area contributed by atoms with Crippen molar-refractivity contribution in [1.82, 2.24) is 15.3 Å². The number of rotatable bonds is 5. The number of thiocarbonyl (C=S) groups is 1. The van der Waals surface area contributed by atoms with Crippen LogP contribution in [0.15, 0.2) is 72.9 Å². The van der Waals surface area contributed by atoms with Gasteiger partial charge in [-0.05, 0) is 104 Å². The zero-order valence-corrected chi connectivity index (χ0v) is 22.1. The number of benzene rings is 2. The summed E-state index contributed by atoms with van der Waals surface area (Å²) in [5, 5.41) is 4.22. The lowest BCUT2D eigenvalue weighted by Crippen LogP contribution is -2.29. The average molecular weight is 580 g/mol. The van der Waals surface area contributed by atoms with Crippen LogP contribution < -0.4 is 15.0 Å². The van der Waals surface area contributed by atoms with Gasteiger partial charge in [0, 0.05) is 32.4 Å². The molecule has 0 aliphatic carbocycles. The summed E-state index contributed by atoms with van der Waals surface area (Å²) in [6.45, 7) is 6.30. The van der Waals surface area contributed by atoms with Crippen molar-refractivity contribution in [2.24, 2.45) is 0 Å². The molecule has 2 aromatic heterocycles. The van der Waals surface area contributed by atoms with Gasteiger partial charge in [-0.25, -0.2) is 0 Å². The molecule has 34 heavy (non-hydrogen) atoms. The van der Waals surface area contributed by atoms with Gasteiger partial charge in [0.25, 0.3) is 0 Å². The molecule has 7 heteroatoms. The topological polar surface area (TPSA) is 53.2 Å². The van der Waals surface area contributed by atoms with Gasteiger partial charge in [-0.15, -0.1) is 0 Å². The first kappa shape index (κ1) is 22.9. The van der Waals surface area contributed by atoms with Crippen LogP contribution in [0.4, 0.5) is 5.69 Å². The number of aryl methyl sites for hydroxylation is 3. The van der Waals surface area contributed by atoms with E-state index < -0.39 is 0 Å². The highest BCUT2D eigenvalue weighted by Gasteiger charge is 2.43. The van der Waals surface area contributed by atoms with Crippen LogP contribution >= 0.6 is 34.8 Å². The molecule has 1 fully saturated rings. The van der Waals surface area contributed by atoms with Crippen molar-refractivity contribution < 1.29 is 4.74 Å². The van der Waals surface area contributed by atoms with Gasteiger partial charge in [-0.3, -0.25) is 4.98 Å². The lowest BCUT2D eigenvalue weighted by atomic mass is 9.96. The fourth-order valence-electron chi connectivity index (χ4n) is 4.47. The molecule has 2 atom stereocenters. The summed E-state index contributed by atoms with van der Waals surface area (Å²) in [6, 6.07) is 22.1. The third kappa shape index (κ3) is 4.30. The summed E-state index contributed by atoms with van der Waals surface area (Å²) < 4.78 is 7.26. The molecule has 0 bridgehead atoms. The molecule has 2 aromatic carbocycles. The van der Waals surface area contributed by atoms with E-state index in [9.17, 15) is 0 Å². The van der Waals surface area contributed by atoms with Crippen LogP contribution in [0.2, 0.25) is 0 Å². The number of hydrogen-bond donors (Lipinski definition) is 2. The first-order valence-electron chi connectivity index (χ1n) is 11.1. The van der Waals surface area contributed by atoms with E-state index in [0.717, 1.165) is 34.3 Å². The number of H-pyrrole nitrogens is 1. The third-order valence-corrected chi connectivity index (χ3v) is 7.81. The second-order valence-electron chi connectivity index (χ2n) is 8.51. The number of hydrogen-bond acceptors (Lipinski definition) is 3. The molecular formula is C27H25IN4OS. The summed E-state index contributed by atoms with van der Waals surface area (Å²) in [7, 11) is 0. The van der Waals surface area contributed by atoms with Crippen molar-refractivity contribution >= 4 is 45.6 Å². The van der Waals surface area contributed by atoms with Gasteiger partial charge in [-0.1, -0.05) is 23.8 Å². The molecule has 0 radical (unpaired) electrons. The van der Waals surface area contributed by atoms with Gasteiger partial charge in [0.1, 0.15) is 11.5 Å². The minimum Gasteiger partial charge on any atom is -0.457 e. The molecule has 172 valence electrons. The molecule has 0 amide bonds. The van der Waals surface area contributed by atoms with Crippen LogP contribution in [-0.4, -0.2) is 15.1 Å². The molecular weight excluding hydrogens is 555 g/mol. The number of ether oxygens (including phenoxy) is 1. The summed E-state index contributed by atoms with van der Waals surface area (Å²) in [4.78, 5) is 10.4. The number of nitrogens with zero attached hydrogens (tertiary/aromatic N) is 2. The monoisotopic (exact) mass is 580 g/mol. The predicted molar refractivity (Wildman–Crippen MR) is 149 cm³/mol. The number of aromatic amines is 1. The average Bonchev–Trinajstić information content (AvgIpc) is 3.30. The van der Waals surface area contributed by atoms with Crippen LogP contribution in [0.1, 0.15) is 40.3 Å². The zero-order chi connectivity index (χ0) is 23.8. The van der Waals surface area contributed by atoms with E-state index in [4.69, 9.17) is 17.0 Å². The Labute approximate surface area is 218 Å². The van der Waals surface area contributed by atoms with E-state index in [-0.39, 0.29) is 12.1 Å². The Morgan fingerprint density at radius 3 is 2.18 bits per heavy atom. The van der Waals surface area contributed by atoms with Gasteiger partial charge in [0.2, 0.25) is 0 Å². The molecule has 1 aliphatic heterocycles. The van der Waals surface area contributed by atoms with Crippen LogP contribution in [0.5, 0.6) is 11.5 Å². The van der Waals surface area contributed by atoms with E-state index in [1.807, 2.05) is 54.7 Å². The van der Waals surface area contributed by atoms with Crippen molar-refractivity contribution in [3.63, 3.8) is 0 Å². The van der Waals surface area contributed by atoms with Crippen molar-refractivity contribution in [3.8, 4) is 11.5 Å². The maximum absolute atomic E-state index is 6.04. The summed E-state index contributed by atoms with van der Waals surface area (Å²) in [6.07, 6.45) is 1.83. The number of aromatic nitrogens is 2. The van der Waals surface area contributed by atoms with E-state index >= 15 is 0 Å². The van der Waals surface area contributed by atoms with Crippen molar-refractivity contribution in [3.05, 3.63) is 105 Å². The van der Waals surface area contributed by atoms with Gasteiger partial charge in [0.05, 0.1) is 17.8 Å². The maximum atomic E-state index is 6.04. The molecule has 1 saturated heterocycles. The van der Waals surface area contributed by atoms with Crippen LogP contribution in [0, 0.1) is 24.3 Å². The third-order valence-electron chi connectivity index (χ3n) is 6.11. The van der Waals surface area contributed by atoms with Gasteiger partial charge in [0.15, 0.2) is 5.11 Å². The van der Waals surface area contributed by atoms with E-state index in [2.05, 4.69) is 81.7 Å². The van der Waals surface area contributed by atoms with E-state index in [0.29, 0.717) is 5.11 Å². The normalized spacial score (nSPS) is 17.6. The lowest BCUT2D eigenvalue weighted by Gasteiger charge is -2.28. The lowest BCUT2D eigenvalue weighted by molar-refractivity contribution is 0.482. The van der Waals surface area contributed by atoms with Crippen molar-refractivity contribution in [1.29, 1.82) is 0 Å². The standard InChI is InChI=1S/C27H25IN4OS/c1-16-7-11-20(12-8-16)33-21-13-9-19(10-14-21)32-26(23-17(2)30-18(3)24(23)28)25(31-27(32)34)22-6-4-5-15-29-22/h4-15,25-26,30H,1-3H3,(H,31,34)/t25-,26+/m1/s1. The first-order valence-corrected chi connectivity index (χ1v) is 12.6. The largest absolute Gasteiger partial charge is 0.457 e. The Morgan fingerprint density at radius 1 is 0.912 bits per heavy atom. The first-order chi connectivity index (χ1) is 16.4. The predicted octanol–water partition coefficient (Wildman–Crippen LogP) is 6.91. The zero-order valence-electron chi connectivity index (χ0n) is 19.2. The Hall–Kier alpha value is -2.91. The fourth-order valence-corrected chi connectivity index (χ4v) is 5.67. The molecule has 0 unspecified atom stereocenters. The number of halogens is 1. The molecule has 4 aromatic rings. The molecule has 1 aliphatic rings. The van der Waals surface area contributed by atoms with E-state index in [1.165, 1.54) is 14.7 Å². The summed E-state index contributed by atoms with van der Waals surface area (Å²) in [5.41, 5.74) is 6.71. The Balaban J connectivity index is 1.52. The van der Waals surface area contributed by atoms with Crippen LogP contribution in [0.3, 0.4) is 0 Å². The fraction of sp³-hybridized carbons (Fsp3) is 0.185. The molecule has 0 saturated carbocycles. The maximum Gasteiger partial charge on any atom is 0.174 e. The highest BCUT2D eigenvalue weighted by atomic mass is 127. The molecule has 5 nitrogen and oxygen atoms in total. The highest BCUT2D eigenvalue weighted by Crippen LogP contribution is 2.44. The second kappa shape index (κ2) is 9.38. The van der Waals surface area contributed by atoms with E-state index in [1.54, 1.807) is 0 Å². The minimum atomic E-state index is -0.0698. The van der Waals surface area contributed by atoms with Crippen LogP contribution in [0.25, 0.3) is 0 Å². The van der Waals surface area contributed by atoms with Gasteiger partial charge < -0.3 is 19.9 Å². The van der Waals surface area contributed by atoms with Gasteiger partial charge >= 0.3 is 0 Å².